The molecule has 2 N–H and O–H groups in total. The Morgan fingerprint density at radius 2 is 1.87 bits per heavy atom. The van der Waals surface area contributed by atoms with Gasteiger partial charge in [-0.2, -0.15) is 0 Å². The largest absolute Gasteiger partial charge is 0.481 e. The molecule has 0 bridgehead atoms. The fourth-order valence-corrected chi connectivity index (χ4v) is 2.06. The lowest BCUT2D eigenvalue weighted by Gasteiger charge is -2.10. The van der Waals surface area contributed by atoms with E-state index in [4.69, 9.17) is 4.74 Å². The van der Waals surface area contributed by atoms with Crippen LogP contribution in [0.25, 0.3) is 0 Å². The van der Waals surface area contributed by atoms with E-state index < -0.39 is 0 Å². The predicted molar refractivity (Wildman–Crippen MR) is 87.9 cm³/mol. The fraction of sp³-hybridized carbons (Fsp3) is 0.235. The molecule has 1 aromatic carbocycles. The first-order valence-electron chi connectivity index (χ1n) is 7.25. The van der Waals surface area contributed by atoms with Crippen LogP contribution in [0.15, 0.2) is 36.5 Å². The van der Waals surface area contributed by atoms with E-state index in [1.165, 1.54) is 13.3 Å². The number of hydrogen-bond acceptors (Lipinski definition) is 4. The summed E-state index contributed by atoms with van der Waals surface area (Å²) in [7, 11) is 1.49. The number of benzene rings is 1. The summed E-state index contributed by atoms with van der Waals surface area (Å²) >= 11 is 0. The molecule has 2 amide bonds. The minimum absolute atomic E-state index is 0.132. The summed E-state index contributed by atoms with van der Waals surface area (Å²) in [6.45, 7) is 4.27. The minimum atomic E-state index is -0.264. The van der Waals surface area contributed by atoms with Gasteiger partial charge in [0.05, 0.1) is 7.11 Å². The van der Waals surface area contributed by atoms with Crippen LogP contribution in [-0.2, 0) is 0 Å². The normalized spacial score (nSPS) is 10.0. The third kappa shape index (κ3) is 4.06. The highest BCUT2D eigenvalue weighted by atomic mass is 16.5. The lowest BCUT2D eigenvalue weighted by molar-refractivity contribution is 0.0955. The summed E-state index contributed by atoms with van der Waals surface area (Å²) in [6, 6.07) is 8.31. The van der Waals surface area contributed by atoms with Crippen molar-refractivity contribution in [3.05, 3.63) is 53.2 Å². The molecule has 0 saturated carbocycles. The monoisotopic (exact) mass is 313 g/mol. The Hall–Kier alpha value is -2.89. The molecular weight excluding hydrogens is 294 g/mol. The molecule has 0 aliphatic heterocycles. The summed E-state index contributed by atoms with van der Waals surface area (Å²) in [6.07, 6.45) is 1.51. The van der Waals surface area contributed by atoms with E-state index >= 15 is 0 Å². The first-order valence-corrected chi connectivity index (χ1v) is 7.25. The van der Waals surface area contributed by atoms with Crippen molar-refractivity contribution < 1.29 is 14.3 Å². The predicted octanol–water partition coefficient (Wildman–Crippen LogP) is 2.40. The van der Waals surface area contributed by atoms with E-state index in [0.29, 0.717) is 29.2 Å². The molecule has 0 atom stereocenters. The second-order valence-corrected chi connectivity index (χ2v) is 4.93. The standard InChI is InChI=1S/C17H19N3O3/c1-4-18-16(21)12-5-6-14(11(2)9-12)20-17(22)13-7-8-19-15(10-13)23-3/h5-10H,4H2,1-3H3,(H,18,21)(H,20,22). The molecule has 2 aromatic rings. The first-order chi connectivity index (χ1) is 11.0. The van der Waals surface area contributed by atoms with Crippen molar-refractivity contribution in [1.29, 1.82) is 0 Å². The van der Waals surface area contributed by atoms with Gasteiger partial charge in [-0.05, 0) is 43.7 Å². The summed E-state index contributed by atoms with van der Waals surface area (Å²) in [5.41, 5.74) is 2.47. The molecule has 0 radical (unpaired) electrons. The zero-order valence-corrected chi connectivity index (χ0v) is 13.3. The number of aromatic nitrogens is 1. The molecule has 0 unspecified atom stereocenters. The van der Waals surface area contributed by atoms with Crippen molar-refractivity contribution in [3.63, 3.8) is 0 Å². The van der Waals surface area contributed by atoms with E-state index in [1.54, 1.807) is 30.3 Å². The Balaban J connectivity index is 2.16. The van der Waals surface area contributed by atoms with Crippen LogP contribution in [0.3, 0.4) is 0 Å². The number of nitrogens with zero attached hydrogens (tertiary/aromatic N) is 1. The number of anilines is 1. The van der Waals surface area contributed by atoms with Gasteiger partial charge in [-0.25, -0.2) is 4.98 Å². The molecular formula is C17H19N3O3. The quantitative estimate of drug-likeness (QED) is 0.888. The third-order valence-corrected chi connectivity index (χ3v) is 3.28. The second-order valence-electron chi connectivity index (χ2n) is 4.93. The molecule has 0 aliphatic carbocycles. The van der Waals surface area contributed by atoms with E-state index in [9.17, 15) is 9.59 Å². The van der Waals surface area contributed by atoms with Crippen LogP contribution in [0.2, 0.25) is 0 Å². The van der Waals surface area contributed by atoms with E-state index in [1.807, 2.05) is 13.8 Å². The molecule has 0 spiro atoms. The Bertz CT molecular complexity index is 729. The number of rotatable bonds is 5. The molecule has 23 heavy (non-hydrogen) atoms. The van der Waals surface area contributed by atoms with Crippen molar-refractivity contribution in [3.8, 4) is 5.88 Å². The van der Waals surface area contributed by atoms with E-state index in [-0.39, 0.29) is 11.8 Å². The first kappa shape index (κ1) is 16.5. The molecule has 6 nitrogen and oxygen atoms in total. The summed E-state index contributed by atoms with van der Waals surface area (Å²) in [4.78, 5) is 28.1. The Morgan fingerprint density at radius 3 is 2.52 bits per heavy atom. The Labute approximate surface area is 134 Å². The van der Waals surface area contributed by atoms with Crippen LogP contribution in [0, 0.1) is 6.92 Å². The van der Waals surface area contributed by atoms with Crippen LogP contribution in [-0.4, -0.2) is 30.5 Å². The number of hydrogen-bond donors (Lipinski definition) is 2. The van der Waals surface area contributed by atoms with Gasteiger partial charge in [-0.15, -0.1) is 0 Å². The molecule has 120 valence electrons. The Morgan fingerprint density at radius 1 is 1.13 bits per heavy atom. The highest BCUT2D eigenvalue weighted by Crippen LogP contribution is 2.18. The number of carbonyl (C=O) groups excluding carboxylic acids is 2. The number of aryl methyl sites for hydroxylation is 1. The molecule has 1 heterocycles. The van der Waals surface area contributed by atoms with Crippen molar-refractivity contribution in [2.45, 2.75) is 13.8 Å². The number of ether oxygens (including phenoxy) is 1. The SMILES string of the molecule is CCNC(=O)c1ccc(NC(=O)c2ccnc(OC)c2)c(C)c1. The van der Waals surface area contributed by atoms with Gasteiger partial charge in [-0.3, -0.25) is 9.59 Å². The van der Waals surface area contributed by atoms with Gasteiger partial charge in [0, 0.05) is 35.6 Å². The smallest absolute Gasteiger partial charge is 0.255 e. The maximum absolute atomic E-state index is 12.3. The molecule has 0 fully saturated rings. The van der Waals surface area contributed by atoms with Gasteiger partial charge in [-0.1, -0.05) is 0 Å². The third-order valence-electron chi connectivity index (χ3n) is 3.28. The van der Waals surface area contributed by atoms with Crippen molar-refractivity contribution in [1.82, 2.24) is 10.3 Å². The van der Waals surface area contributed by atoms with E-state index in [2.05, 4.69) is 15.6 Å². The van der Waals surface area contributed by atoms with Gasteiger partial charge in [0.25, 0.3) is 11.8 Å². The summed E-state index contributed by atoms with van der Waals surface area (Å²) in [5, 5.41) is 5.56. The molecule has 0 saturated heterocycles. The van der Waals surface area contributed by atoms with Crippen molar-refractivity contribution in [2.75, 3.05) is 19.0 Å². The van der Waals surface area contributed by atoms with Crippen LogP contribution in [0.1, 0.15) is 33.2 Å². The lowest BCUT2D eigenvalue weighted by atomic mass is 10.1. The number of nitrogens with one attached hydrogen (secondary N) is 2. The molecule has 6 heteroatoms. The van der Waals surface area contributed by atoms with Crippen LogP contribution in [0.4, 0.5) is 5.69 Å². The topological polar surface area (TPSA) is 80.3 Å². The average molecular weight is 313 g/mol. The maximum Gasteiger partial charge on any atom is 0.255 e. The highest BCUT2D eigenvalue weighted by Gasteiger charge is 2.11. The fourth-order valence-electron chi connectivity index (χ4n) is 2.06. The Kier molecular flexibility index (Phi) is 5.30. The van der Waals surface area contributed by atoms with Crippen molar-refractivity contribution >= 4 is 17.5 Å². The molecule has 0 aliphatic rings. The summed E-state index contributed by atoms with van der Waals surface area (Å²) in [5.74, 6) is -0.0205. The highest BCUT2D eigenvalue weighted by molar-refractivity contribution is 6.05. The zero-order chi connectivity index (χ0) is 16.8. The second kappa shape index (κ2) is 7.40. The zero-order valence-electron chi connectivity index (χ0n) is 13.3. The van der Waals surface area contributed by atoms with Gasteiger partial charge in [0.2, 0.25) is 5.88 Å². The summed E-state index contributed by atoms with van der Waals surface area (Å²) < 4.78 is 5.01. The van der Waals surface area contributed by atoms with Crippen LogP contribution < -0.4 is 15.4 Å². The van der Waals surface area contributed by atoms with Gasteiger partial charge < -0.3 is 15.4 Å². The number of methoxy groups -OCH3 is 1. The minimum Gasteiger partial charge on any atom is -0.481 e. The lowest BCUT2D eigenvalue weighted by Crippen LogP contribution is -2.22. The van der Waals surface area contributed by atoms with Crippen molar-refractivity contribution in [2.24, 2.45) is 0 Å². The number of carbonyl (C=O) groups is 2. The van der Waals surface area contributed by atoms with Gasteiger partial charge >= 0.3 is 0 Å². The molecule has 1 aromatic heterocycles. The van der Waals surface area contributed by atoms with Crippen LogP contribution >= 0.6 is 0 Å². The van der Waals surface area contributed by atoms with Crippen LogP contribution in [0.5, 0.6) is 5.88 Å². The maximum atomic E-state index is 12.3. The van der Waals surface area contributed by atoms with Gasteiger partial charge in [0.15, 0.2) is 0 Å². The molecule has 2 rings (SSSR count). The number of amides is 2. The average Bonchev–Trinajstić information content (AvgIpc) is 2.56. The number of pyridine rings is 1. The van der Waals surface area contributed by atoms with Gasteiger partial charge in [0.1, 0.15) is 0 Å². The van der Waals surface area contributed by atoms with E-state index in [0.717, 1.165) is 5.56 Å².